The van der Waals surface area contributed by atoms with Crippen LogP contribution in [0.15, 0.2) is 36.4 Å². The smallest absolute Gasteiger partial charge is 0.416 e. The Morgan fingerprint density at radius 2 is 1.88 bits per heavy atom. The number of hydrogen-bond acceptors (Lipinski definition) is 2. The molecular weight excluding hydrogens is 355 g/mol. The van der Waals surface area contributed by atoms with Gasteiger partial charge in [-0.1, -0.05) is 24.6 Å². The summed E-state index contributed by atoms with van der Waals surface area (Å²) in [4.78, 5) is 12.8. The molecule has 1 aliphatic rings. The van der Waals surface area contributed by atoms with E-state index >= 15 is 0 Å². The van der Waals surface area contributed by atoms with E-state index in [-0.39, 0.29) is 5.69 Å². The van der Waals surface area contributed by atoms with Crippen LogP contribution >= 0.6 is 11.6 Å². The van der Waals surface area contributed by atoms with Crippen molar-refractivity contribution < 1.29 is 22.7 Å². The number of ether oxygens (including phenoxy) is 1. The number of amides is 1. The topological polar surface area (TPSA) is 38.3 Å². The molecule has 25 heavy (non-hydrogen) atoms. The first-order valence-corrected chi connectivity index (χ1v) is 7.99. The van der Waals surface area contributed by atoms with Crippen molar-refractivity contribution in [1.82, 2.24) is 0 Å². The Bertz CT molecular complexity index is 851. The highest BCUT2D eigenvalue weighted by Crippen LogP contribution is 2.49. The highest BCUT2D eigenvalue weighted by atomic mass is 35.5. The summed E-state index contributed by atoms with van der Waals surface area (Å²) in [5.41, 5.74) is -0.801. The van der Waals surface area contributed by atoms with Crippen LogP contribution in [0.25, 0.3) is 0 Å². The van der Waals surface area contributed by atoms with E-state index in [0.717, 1.165) is 12.1 Å². The quantitative estimate of drug-likeness (QED) is 0.825. The van der Waals surface area contributed by atoms with E-state index in [1.54, 1.807) is 25.1 Å². The summed E-state index contributed by atoms with van der Waals surface area (Å²) in [7, 11) is 1.47. The Kier molecular flexibility index (Phi) is 4.19. The molecule has 0 saturated heterocycles. The zero-order valence-corrected chi connectivity index (χ0v) is 14.3. The molecule has 2 aromatic carbocycles. The van der Waals surface area contributed by atoms with E-state index in [2.05, 4.69) is 5.32 Å². The second kappa shape index (κ2) is 5.95. The minimum Gasteiger partial charge on any atom is -0.496 e. The van der Waals surface area contributed by atoms with Crippen LogP contribution in [0.2, 0.25) is 5.02 Å². The number of benzene rings is 2. The predicted molar refractivity (Wildman–Crippen MR) is 89.1 cm³/mol. The number of anilines is 1. The van der Waals surface area contributed by atoms with Crippen molar-refractivity contribution in [2.75, 3.05) is 12.4 Å². The van der Waals surface area contributed by atoms with E-state index in [4.69, 9.17) is 16.3 Å². The Labute approximate surface area is 147 Å². The number of carbonyl (C=O) groups excluding carboxylic acids is 1. The van der Waals surface area contributed by atoms with Gasteiger partial charge in [-0.3, -0.25) is 4.79 Å². The van der Waals surface area contributed by atoms with Crippen molar-refractivity contribution in [2.24, 2.45) is 0 Å². The molecule has 3 nitrogen and oxygen atoms in total. The van der Waals surface area contributed by atoms with Gasteiger partial charge in [-0.05, 0) is 42.3 Å². The number of hydrogen-bond donors (Lipinski definition) is 1. The van der Waals surface area contributed by atoms with E-state index in [0.29, 0.717) is 28.3 Å². The second-order valence-electron chi connectivity index (χ2n) is 5.82. The third-order valence-electron chi connectivity index (χ3n) is 4.59. The van der Waals surface area contributed by atoms with Gasteiger partial charge in [-0.25, -0.2) is 0 Å². The molecule has 1 amide bonds. The lowest BCUT2D eigenvalue weighted by Gasteiger charge is -2.28. The summed E-state index contributed by atoms with van der Waals surface area (Å²) in [5, 5.41) is 3.00. The van der Waals surface area contributed by atoms with Gasteiger partial charge < -0.3 is 10.1 Å². The molecule has 7 heteroatoms. The molecule has 2 aromatic rings. The summed E-state index contributed by atoms with van der Waals surface area (Å²) in [5.74, 6) is 0.0547. The number of nitrogens with one attached hydrogen (secondary N) is 1. The Balaban J connectivity index is 2.26. The van der Waals surface area contributed by atoms with Gasteiger partial charge in [-0.15, -0.1) is 0 Å². The lowest BCUT2D eigenvalue weighted by atomic mass is 9.73. The molecule has 0 aromatic heterocycles. The van der Waals surface area contributed by atoms with Crippen molar-refractivity contribution in [3.05, 3.63) is 58.1 Å². The van der Waals surface area contributed by atoms with Crippen molar-refractivity contribution in [3.8, 4) is 5.75 Å². The third-order valence-corrected chi connectivity index (χ3v) is 4.83. The summed E-state index contributed by atoms with van der Waals surface area (Å²) < 4.78 is 44.3. The van der Waals surface area contributed by atoms with Crippen molar-refractivity contribution in [2.45, 2.75) is 24.9 Å². The van der Waals surface area contributed by atoms with Crippen LogP contribution in [0.5, 0.6) is 5.75 Å². The number of rotatable bonds is 3. The number of methoxy groups -OCH3 is 1. The Hall–Kier alpha value is -2.21. The second-order valence-corrected chi connectivity index (χ2v) is 6.25. The van der Waals surface area contributed by atoms with Gasteiger partial charge in [0.15, 0.2) is 0 Å². The van der Waals surface area contributed by atoms with Gasteiger partial charge >= 0.3 is 6.18 Å². The molecule has 1 atom stereocenters. The number of fused-ring (bicyclic) bond motifs is 1. The molecule has 1 unspecified atom stereocenters. The standard InChI is InChI=1S/C18H15ClF3NO2/c1-3-17(13-9-11(19)5-7-15(13)25-2)12-6-4-10(18(20,21)22)8-14(12)23-16(17)24/h4-9H,3H2,1-2H3,(H,23,24). The van der Waals surface area contributed by atoms with Crippen LogP contribution in [-0.2, 0) is 16.4 Å². The zero-order chi connectivity index (χ0) is 18.4. The molecule has 0 spiro atoms. The van der Waals surface area contributed by atoms with Gasteiger partial charge in [0.1, 0.15) is 11.2 Å². The minimum absolute atomic E-state index is 0.156. The summed E-state index contributed by atoms with van der Waals surface area (Å²) in [6.07, 6.45) is -4.14. The fourth-order valence-electron chi connectivity index (χ4n) is 3.37. The minimum atomic E-state index is -4.48. The molecule has 132 valence electrons. The molecule has 1 N–H and O–H groups in total. The van der Waals surface area contributed by atoms with Gasteiger partial charge in [0, 0.05) is 16.3 Å². The maximum Gasteiger partial charge on any atom is 0.416 e. The molecule has 1 aliphatic heterocycles. The van der Waals surface area contributed by atoms with Gasteiger partial charge in [0.05, 0.1) is 12.7 Å². The first kappa shape index (κ1) is 17.6. The van der Waals surface area contributed by atoms with E-state index in [1.807, 2.05) is 0 Å². The summed E-state index contributed by atoms with van der Waals surface area (Å²) >= 11 is 6.10. The Morgan fingerprint density at radius 1 is 1.16 bits per heavy atom. The normalized spacial score (nSPS) is 19.5. The summed E-state index contributed by atoms with van der Waals surface area (Å²) in [6, 6.07) is 8.19. The summed E-state index contributed by atoms with van der Waals surface area (Å²) in [6.45, 7) is 1.80. The average Bonchev–Trinajstić information content (AvgIpc) is 2.85. The van der Waals surface area contributed by atoms with Crippen LogP contribution in [0.4, 0.5) is 18.9 Å². The molecule has 0 bridgehead atoms. The molecule has 3 rings (SSSR count). The maximum absolute atomic E-state index is 13.0. The lowest BCUT2D eigenvalue weighted by molar-refractivity contribution is -0.137. The SMILES string of the molecule is CCC1(c2cc(Cl)ccc2OC)C(=O)Nc2cc(C(F)(F)F)ccc21. The largest absolute Gasteiger partial charge is 0.496 e. The molecule has 1 heterocycles. The monoisotopic (exact) mass is 369 g/mol. The maximum atomic E-state index is 13.0. The van der Waals surface area contributed by atoms with Crippen molar-refractivity contribution in [3.63, 3.8) is 0 Å². The average molecular weight is 370 g/mol. The Morgan fingerprint density at radius 3 is 2.48 bits per heavy atom. The van der Waals surface area contributed by atoms with Crippen LogP contribution in [0.1, 0.15) is 30.0 Å². The number of halogens is 4. The van der Waals surface area contributed by atoms with Crippen LogP contribution in [0.3, 0.4) is 0 Å². The highest BCUT2D eigenvalue weighted by molar-refractivity contribution is 6.30. The fourth-order valence-corrected chi connectivity index (χ4v) is 3.54. The molecule has 0 aliphatic carbocycles. The van der Waals surface area contributed by atoms with E-state index in [9.17, 15) is 18.0 Å². The lowest BCUT2D eigenvalue weighted by Crippen LogP contribution is -2.35. The molecule has 0 saturated carbocycles. The third kappa shape index (κ3) is 2.65. The van der Waals surface area contributed by atoms with E-state index in [1.165, 1.54) is 13.2 Å². The van der Waals surface area contributed by atoms with Gasteiger partial charge in [0.25, 0.3) is 0 Å². The molecule has 0 radical (unpaired) electrons. The van der Waals surface area contributed by atoms with Gasteiger partial charge in [-0.2, -0.15) is 13.2 Å². The van der Waals surface area contributed by atoms with Crippen LogP contribution in [0, 0.1) is 0 Å². The van der Waals surface area contributed by atoms with Crippen molar-refractivity contribution >= 4 is 23.2 Å². The first-order chi connectivity index (χ1) is 11.7. The molecular formula is C18H15ClF3NO2. The first-order valence-electron chi connectivity index (χ1n) is 7.61. The fraction of sp³-hybridized carbons (Fsp3) is 0.278. The van der Waals surface area contributed by atoms with Crippen LogP contribution in [-0.4, -0.2) is 13.0 Å². The number of alkyl halides is 3. The van der Waals surface area contributed by atoms with Gasteiger partial charge in [0.2, 0.25) is 5.91 Å². The zero-order valence-electron chi connectivity index (χ0n) is 13.5. The number of carbonyl (C=O) groups is 1. The van der Waals surface area contributed by atoms with Crippen LogP contribution < -0.4 is 10.1 Å². The van der Waals surface area contributed by atoms with Crippen molar-refractivity contribution in [1.29, 1.82) is 0 Å². The van der Waals surface area contributed by atoms with E-state index < -0.39 is 23.1 Å². The predicted octanol–water partition coefficient (Wildman–Crippen LogP) is 5.02. The molecule has 0 fully saturated rings. The highest BCUT2D eigenvalue weighted by Gasteiger charge is 2.49.